The van der Waals surface area contributed by atoms with Crippen LogP contribution in [0.1, 0.15) is 38.2 Å². The molecular formula is C21H22N2O4S. The van der Waals surface area contributed by atoms with Gasteiger partial charge >= 0.3 is 5.69 Å². The molecule has 0 spiro atoms. The van der Waals surface area contributed by atoms with Crippen molar-refractivity contribution >= 4 is 15.9 Å². The highest BCUT2D eigenvalue weighted by molar-refractivity contribution is 7.90. The van der Waals surface area contributed by atoms with Crippen LogP contribution in [0.25, 0.3) is 0 Å². The Morgan fingerprint density at radius 1 is 0.821 bits per heavy atom. The molecule has 28 heavy (non-hydrogen) atoms. The molecule has 0 N–H and O–H groups in total. The van der Waals surface area contributed by atoms with Crippen LogP contribution in [-0.4, -0.2) is 22.9 Å². The molecule has 1 aromatic heterocycles. The lowest BCUT2D eigenvalue weighted by molar-refractivity contribution is 0.0955. The summed E-state index contributed by atoms with van der Waals surface area (Å²) in [5.74, 6) is -0.547. The van der Waals surface area contributed by atoms with Crippen molar-refractivity contribution in [3.05, 3.63) is 86.6 Å². The van der Waals surface area contributed by atoms with E-state index in [1.807, 2.05) is 26.0 Å². The second kappa shape index (κ2) is 6.91. The maximum absolute atomic E-state index is 13.0. The van der Waals surface area contributed by atoms with Crippen LogP contribution in [0.4, 0.5) is 0 Å². The van der Waals surface area contributed by atoms with E-state index in [4.69, 9.17) is 0 Å². The lowest BCUT2D eigenvalue weighted by Crippen LogP contribution is -2.33. The Labute approximate surface area is 164 Å². The number of hydrogen-bond donors (Lipinski definition) is 0. The third kappa shape index (κ3) is 3.22. The maximum Gasteiger partial charge on any atom is 0.349 e. The van der Waals surface area contributed by atoms with E-state index in [0.29, 0.717) is 9.54 Å². The number of carbonyl (C=O) groups is 1. The second-order valence-electron chi connectivity index (χ2n) is 7.08. The van der Waals surface area contributed by atoms with E-state index in [1.54, 1.807) is 26.8 Å². The number of hydrogen-bond acceptors (Lipinski definition) is 4. The summed E-state index contributed by atoms with van der Waals surface area (Å²) >= 11 is 0. The van der Waals surface area contributed by atoms with Gasteiger partial charge in [-0.05, 0) is 69.0 Å². The minimum atomic E-state index is -4.10. The van der Waals surface area contributed by atoms with Crippen LogP contribution in [0, 0.1) is 34.6 Å². The molecule has 146 valence electrons. The van der Waals surface area contributed by atoms with Crippen molar-refractivity contribution in [2.24, 2.45) is 0 Å². The monoisotopic (exact) mass is 398 g/mol. The fourth-order valence-corrected chi connectivity index (χ4v) is 4.63. The summed E-state index contributed by atoms with van der Waals surface area (Å²) in [6.07, 6.45) is 2.31. The summed E-state index contributed by atoms with van der Waals surface area (Å²) in [6, 6.07) is 8.37. The van der Waals surface area contributed by atoms with Gasteiger partial charge in [-0.3, -0.25) is 4.79 Å². The molecule has 1 heterocycles. The Kier molecular flexibility index (Phi) is 4.89. The fraction of sp³-hybridized carbons (Fsp3) is 0.238. The highest BCUT2D eigenvalue weighted by Crippen LogP contribution is 2.19. The predicted octanol–water partition coefficient (Wildman–Crippen LogP) is 3.12. The average molecular weight is 398 g/mol. The molecule has 0 bridgehead atoms. The van der Waals surface area contributed by atoms with Crippen LogP contribution >= 0.6 is 0 Å². The first-order chi connectivity index (χ1) is 13.0. The van der Waals surface area contributed by atoms with Gasteiger partial charge in [0.1, 0.15) is 0 Å². The number of rotatable bonds is 3. The van der Waals surface area contributed by atoms with E-state index in [-0.39, 0.29) is 4.90 Å². The van der Waals surface area contributed by atoms with Crippen molar-refractivity contribution in [3.63, 3.8) is 0 Å². The first kappa shape index (κ1) is 19.8. The molecular weight excluding hydrogens is 376 g/mol. The molecule has 0 aliphatic rings. The van der Waals surface area contributed by atoms with Crippen LogP contribution in [0.3, 0.4) is 0 Å². The third-order valence-corrected chi connectivity index (χ3v) is 6.54. The van der Waals surface area contributed by atoms with Gasteiger partial charge in [-0.25, -0.2) is 17.8 Å². The Hall–Kier alpha value is -2.93. The Morgan fingerprint density at radius 2 is 1.43 bits per heavy atom. The summed E-state index contributed by atoms with van der Waals surface area (Å²) in [7, 11) is -4.10. The molecule has 3 aromatic rings. The molecule has 0 aliphatic carbocycles. The van der Waals surface area contributed by atoms with Crippen molar-refractivity contribution in [2.45, 2.75) is 39.5 Å². The molecule has 6 nitrogen and oxygen atoms in total. The van der Waals surface area contributed by atoms with E-state index in [9.17, 15) is 18.0 Å². The van der Waals surface area contributed by atoms with Crippen molar-refractivity contribution in [2.75, 3.05) is 0 Å². The number of carbonyl (C=O) groups excluding carboxylic acids is 1. The van der Waals surface area contributed by atoms with Crippen LogP contribution in [0.5, 0.6) is 0 Å². The zero-order valence-corrected chi connectivity index (χ0v) is 17.3. The fourth-order valence-electron chi connectivity index (χ4n) is 3.32. The minimum Gasteiger partial charge on any atom is -0.268 e. The molecule has 3 rings (SSSR count). The normalized spacial score (nSPS) is 11.6. The summed E-state index contributed by atoms with van der Waals surface area (Å²) in [5.41, 5.74) is 3.71. The topological polar surface area (TPSA) is 78.1 Å². The van der Waals surface area contributed by atoms with E-state index in [0.717, 1.165) is 38.6 Å². The molecule has 0 amide bonds. The molecule has 0 fully saturated rings. The number of benzene rings is 2. The third-order valence-electron chi connectivity index (χ3n) is 4.89. The lowest BCUT2D eigenvalue weighted by atomic mass is 9.99. The average Bonchev–Trinajstić information content (AvgIpc) is 2.98. The van der Waals surface area contributed by atoms with E-state index in [1.165, 1.54) is 18.3 Å². The lowest BCUT2D eigenvalue weighted by Gasteiger charge is -2.10. The van der Waals surface area contributed by atoms with E-state index < -0.39 is 21.6 Å². The largest absolute Gasteiger partial charge is 0.349 e. The quantitative estimate of drug-likeness (QED) is 0.679. The molecule has 2 aromatic carbocycles. The molecule has 0 saturated carbocycles. The maximum atomic E-state index is 13.0. The zero-order valence-electron chi connectivity index (χ0n) is 16.5. The standard InChI is InChI=1S/C21H22N2O4S/c1-13-10-16(4)19(17(5)11-13)20(24)22-8-9-23(21(22)25)28(26,27)18-7-6-14(2)15(3)12-18/h6-12H,1-5H3. The summed E-state index contributed by atoms with van der Waals surface area (Å²) < 4.78 is 27.3. The van der Waals surface area contributed by atoms with Gasteiger partial charge in [-0.15, -0.1) is 0 Å². The Bertz CT molecular complexity index is 1240. The summed E-state index contributed by atoms with van der Waals surface area (Å²) in [6.45, 7) is 9.18. The summed E-state index contributed by atoms with van der Waals surface area (Å²) in [5, 5.41) is 0. The van der Waals surface area contributed by atoms with Gasteiger partial charge in [0.15, 0.2) is 0 Å². The second-order valence-corrected chi connectivity index (χ2v) is 8.89. The molecule has 0 atom stereocenters. The number of nitrogens with zero attached hydrogens (tertiary/aromatic N) is 2. The molecule has 0 unspecified atom stereocenters. The van der Waals surface area contributed by atoms with Gasteiger partial charge in [0, 0.05) is 18.0 Å². The molecule has 0 radical (unpaired) electrons. The van der Waals surface area contributed by atoms with E-state index in [2.05, 4.69) is 0 Å². The van der Waals surface area contributed by atoms with Gasteiger partial charge in [0.05, 0.1) is 4.90 Å². The molecule has 0 aliphatic heterocycles. The van der Waals surface area contributed by atoms with Crippen LogP contribution in [-0.2, 0) is 10.0 Å². The first-order valence-corrected chi connectivity index (χ1v) is 10.2. The highest BCUT2D eigenvalue weighted by Gasteiger charge is 2.24. The van der Waals surface area contributed by atoms with E-state index >= 15 is 0 Å². The smallest absolute Gasteiger partial charge is 0.268 e. The number of aromatic nitrogens is 2. The van der Waals surface area contributed by atoms with Gasteiger partial charge in [0.25, 0.3) is 15.9 Å². The van der Waals surface area contributed by atoms with Crippen molar-refractivity contribution in [3.8, 4) is 0 Å². The zero-order chi connectivity index (χ0) is 20.8. The Morgan fingerprint density at radius 3 is 2.00 bits per heavy atom. The van der Waals surface area contributed by atoms with Crippen LogP contribution < -0.4 is 5.69 Å². The first-order valence-electron chi connectivity index (χ1n) is 8.79. The van der Waals surface area contributed by atoms with Crippen LogP contribution in [0.2, 0.25) is 0 Å². The highest BCUT2D eigenvalue weighted by atomic mass is 32.2. The SMILES string of the molecule is Cc1cc(C)c(C(=O)n2ccn(S(=O)(=O)c3ccc(C)c(C)c3)c2=O)c(C)c1. The van der Waals surface area contributed by atoms with Crippen LogP contribution in [0.15, 0.2) is 52.4 Å². The van der Waals surface area contributed by atoms with Crippen molar-refractivity contribution in [1.82, 2.24) is 8.54 Å². The van der Waals surface area contributed by atoms with Crippen molar-refractivity contribution in [1.29, 1.82) is 0 Å². The van der Waals surface area contributed by atoms with Gasteiger partial charge in [-0.1, -0.05) is 23.8 Å². The van der Waals surface area contributed by atoms with Crippen molar-refractivity contribution < 1.29 is 13.2 Å². The van der Waals surface area contributed by atoms with Gasteiger partial charge < -0.3 is 0 Å². The van der Waals surface area contributed by atoms with Gasteiger partial charge in [0.2, 0.25) is 0 Å². The van der Waals surface area contributed by atoms with Gasteiger partial charge in [-0.2, -0.15) is 3.97 Å². The number of imidazole rings is 1. The molecule has 0 saturated heterocycles. The summed E-state index contributed by atoms with van der Waals surface area (Å²) in [4.78, 5) is 25.7. The number of aryl methyl sites for hydroxylation is 5. The minimum absolute atomic E-state index is 0.00518. The Balaban J connectivity index is 2.11. The predicted molar refractivity (Wildman–Crippen MR) is 108 cm³/mol. The molecule has 7 heteroatoms.